The molecule has 0 spiro atoms. The van der Waals surface area contributed by atoms with Crippen molar-refractivity contribution in [3.8, 4) is 0 Å². The Kier molecular flexibility index (Phi) is 7.39. The Morgan fingerprint density at radius 2 is 1.88 bits per heavy atom. The predicted octanol–water partition coefficient (Wildman–Crippen LogP) is 2.23. The fourth-order valence-corrected chi connectivity index (χ4v) is 2.26. The van der Waals surface area contributed by atoms with Gasteiger partial charge in [0.15, 0.2) is 0 Å². The van der Waals surface area contributed by atoms with Crippen LogP contribution < -0.4 is 0 Å². The maximum absolute atomic E-state index is 11.6. The van der Waals surface area contributed by atoms with Gasteiger partial charge in [0.25, 0.3) is 0 Å². The Balaban J connectivity index is 4.98. The quantitative estimate of drug-likeness (QED) is 0.677. The summed E-state index contributed by atoms with van der Waals surface area (Å²) in [5.74, 6) is -0.275. The molecule has 0 heterocycles. The smallest absolute Gasteiger partial charge is 0.324 e. The van der Waals surface area contributed by atoms with Gasteiger partial charge in [0.1, 0.15) is 5.54 Å². The van der Waals surface area contributed by atoms with E-state index in [9.17, 15) is 9.90 Å². The first-order chi connectivity index (χ1) is 7.94. The predicted molar refractivity (Wildman–Crippen MR) is 69.2 cm³/mol. The summed E-state index contributed by atoms with van der Waals surface area (Å²) in [6, 6.07) is 0. The molecule has 0 fully saturated rings. The monoisotopic (exact) mass is 245 g/mol. The SMILES string of the molecule is CCC(CC)(C(=O)O)N(CCOC)CC(C)C. The van der Waals surface area contributed by atoms with Crippen LogP contribution in [0, 0.1) is 5.92 Å². The van der Waals surface area contributed by atoms with Crippen LogP contribution in [0.5, 0.6) is 0 Å². The van der Waals surface area contributed by atoms with Crippen molar-refractivity contribution in [2.45, 2.75) is 46.1 Å². The normalized spacial score (nSPS) is 12.4. The van der Waals surface area contributed by atoms with Gasteiger partial charge >= 0.3 is 5.97 Å². The molecule has 0 saturated carbocycles. The summed E-state index contributed by atoms with van der Waals surface area (Å²) in [5, 5.41) is 9.52. The van der Waals surface area contributed by atoms with Gasteiger partial charge in [-0.2, -0.15) is 0 Å². The van der Waals surface area contributed by atoms with Crippen LogP contribution in [0.4, 0.5) is 0 Å². The zero-order chi connectivity index (χ0) is 13.5. The van der Waals surface area contributed by atoms with Gasteiger partial charge in [-0.25, -0.2) is 0 Å². The number of carbonyl (C=O) groups is 1. The van der Waals surface area contributed by atoms with E-state index in [0.29, 0.717) is 31.9 Å². The van der Waals surface area contributed by atoms with E-state index in [1.54, 1.807) is 7.11 Å². The van der Waals surface area contributed by atoms with Crippen LogP contribution in [0.15, 0.2) is 0 Å². The number of ether oxygens (including phenoxy) is 1. The van der Waals surface area contributed by atoms with Gasteiger partial charge in [0.2, 0.25) is 0 Å². The van der Waals surface area contributed by atoms with Gasteiger partial charge < -0.3 is 9.84 Å². The molecule has 0 saturated heterocycles. The number of carboxylic acids is 1. The molecule has 0 unspecified atom stereocenters. The highest BCUT2D eigenvalue weighted by Gasteiger charge is 2.40. The van der Waals surface area contributed by atoms with E-state index in [0.717, 1.165) is 6.54 Å². The summed E-state index contributed by atoms with van der Waals surface area (Å²) < 4.78 is 5.08. The fraction of sp³-hybridized carbons (Fsp3) is 0.923. The number of carboxylic acid groups (broad SMARTS) is 1. The highest BCUT2D eigenvalue weighted by molar-refractivity contribution is 5.78. The third-order valence-electron chi connectivity index (χ3n) is 3.32. The van der Waals surface area contributed by atoms with Gasteiger partial charge in [-0.1, -0.05) is 27.7 Å². The van der Waals surface area contributed by atoms with Crippen molar-refractivity contribution in [2.24, 2.45) is 5.92 Å². The van der Waals surface area contributed by atoms with E-state index in [4.69, 9.17) is 4.74 Å². The van der Waals surface area contributed by atoms with E-state index in [1.165, 1.54) is 0 Å². The van der Waals surface area contributed by atoms with Crippen molar-refractivity contribution in [3.63, 3.8) is 0 Å². The summed E-state index contributed by atoms with van der Waals surface area (Å²) in [5.41, 5.74) is -0.747. The number of aliphatic carboxylic acids is 1. The number of hydrogen-bond donors (Lipinski definition) is 1. The van der Waals surface area contributed by atoms with Gasteiger partial charge in [-0.3, -0.25) is 9.69 Å². The maximum Gasteiger partial charge on any atom is 0.324 e. The summed E-state index contributed by atoms with van der Waals surface area (Å²) in [7, 11) is 1.65. The van der Waals surface area contributed by atoms with Crippen molar-refractivity contribution in [1.82, 2.24) is 4.90 Å². The van der Waals surface area contributed by atoms with Crippen molar-refractivity contribution in [1.29, 1.82) is 0 Å². The van der Waals surface area contributed by atoms with E-state index < -0.39 is 11.5 Å². The fourth-order valence-electron chi connectivity index (χ4n) is 2.26. The maximum atomic E-state index is 11.6. The molecule has 0 aromatic carbocycles. The molecule has 102 valence electrons. The molecule has 4 heteroatoms. The first-order valence-electron chi connectivity index (χ1n) is 6.41. The average Bonchev–Trinajstić information content (AvgIpc) is 2.26. The van der Waals surface area contributed by atoms with Gasteiger partial charge in [0.05, 0.1) is 6.61 Å². The highest BCUT2D eigenvalue weighted by Crippen LogP contribution is 2.25. The molecular weight excluding hydrogens is 218 g/mol. The van der Waals surface area contributed by atoms with Crippen LogP contribution in [0.2, 0.25) is 0 Å². The van der Waals surface area contributed by atoms with Crippen LogP contribution >= 0.6 is 0 Å². The second kappa shape index (κ2) is 7.67. The molecule has 0 amide bonds. The topological polar surface area (TPSA) is 49.8 Å². The van der Waals surface area contributed by atoms with Gasteiger partial charge in [-0.15, -0.1) is 0 Å². The first kappa shape index (κ1) is 16.4. The largest absolute Gasteiger partial charge is 0.480 e. The lowest BCUT2D eigenvalue weighted by atomic mass is 9.89. The molecule has 1 N–H and O–H groups in total. The minimum Gasteiger partial charge on any atom is -0.480 e. The molecule has 0 rings (SSSR count). The van der Waals surface area contributed by atoms with Crippen LogP contribution in [0.25, 0.3) is 0 Å². The van der Waals surface area contributed by atoms with Crippen molar-refractivity contribution in [2.75, 3.05) is 26.8 Å². The van der Waals surface area contributed by atoms with E-state index in [1.807, 2.05) is 13.8 Å². The zero-order valence-corrected chi connectivity index (χ0v) is 11.8. The Hall–Kier alpha value is -0.610. The molecule has 0 radical (unpaired) electrons. The number of rotatable bonds is 9. The Morgan fingerprint density at radius 3 is 2.18 bits per heavy atom. The average molecular weight is 245 g/mol. The molecule has 17 heavy (non-hydrogen) atoms. The minimum atomic E-state index is -0.747. The molecule has 0 aliphatic heterocycles. The molecule has 4 nitrogen and oxygen atoms in total. The number of hydrogen-bond acceptors (Lipinski definition) is 3. The molecule has 0 aliphatic rings. The number of nitrogens with zero attached hydrogens (tertiary/aromatic N) is 1. The van der Waals surface area contributed by atoms with Crippen molar-refractivity contribution >= 4 is 5.97 Å². The van der Waals surface area contributed by atoms with E-state index in [2.05, 4.69) is 18.7 Å². The summed E-state index contributed by atoms with van der Waals surface area (Å²) in [6.45, 7) is 10.1. The Bertz CT molecular complexity index is 225. The minimum absolute atomic E-state index is 0.448. The van der Waals surface area contributed by atoms with Gasteiger partial charge in [-0.05, 0) is 18.8 Å². The lowest BCUT2D eigenvalue weighted by Gasteiger charge is -2.40. The highest BCUT2D eigenvalue weighted by atomic mass is 16.5. The second-order valence-electron chi connectivity index (χ2n) is 4.88. The van der Waals surface area contributed by atoms with Gasteiger partial charge in [0, 0.05) is 20.2 Å². The standard InChI is InChI=1S/C13H27NO3/c1-6-13(7-2,12(15)16)14(8-9-17-5)10-11(3)4/h11H,6-10H2,1-5H3,(H,15,16). The molecule has 0 aromatic rings. The Morgan fingerprint density at radius 1 is 1.35 bits per heavy atom. The van der Waals surface area contributed by atoms with Crippen LogP contribution in [0.1, 0.15) is 40.5 Å². The second-order valence-corrected chi connectivity index (χ2v) is 4.88. The lowest BCUT2D eigenvalue weighted by Crippen LogP contribution is -2.56. The summed E-state index contributed by atoms with van der Waals surface area (Å²) in [6.07, 6.45) is 1.24. The van der Waals surface area contributed by atoms with Crippen LogP contribution in [-0.2, 0) is 9.53 Å². The van der Waals surface area contributed by atoms with E-state index in [-0.39, 0.29) is 0 Å². The summed E-state index contributed by atoms with van der Waals surface area (Å²) in [4.78, 5) is 13.6. The molecule has 0 aromatic heterocycles. The molecule has 0 atom stereocenters. The van der Waals surface area contributed by atoms with Crippen LogP contribution in [0.3, 0.4) is 0 Å². The molecular formula is C13H27NO3. The Labute approximate surface area is 105 Å². The van der Waals surface area contributed by atoms with Crippen molar-refractivity contribution < 1.29 is 14.6 Å². The third-order valence-corrected chi connectivity index (χ3v) is 3.32. The molecule has 0 bridgehead atoms. The first-order valence-corrected chi connectivity index (χ1v) is 6.41. The number of methoxy groups -OCH3 is 1. The third kappa shape index (κ3) is 4.28. The summed E-state index contributed by atoms with van der Waals surface area (Å²) >= 11 is 0. The zero-order valence-electron chi connectivity index (χ0n) is 11.8. The van der Waals surface area contributed by atoms with Crippen LogP contribution in [-0.4, -0.2) is 48.3 Å². The molecule has 0 aliphatic carbocycles. The van der Waals surface area contributed by atoms with E-state index >= 15 is 0 Å². The van der Waals surface area contributed by atoms with Crippen molar-refractivity contribution in [3.05, 3.63) is 0 Å². The lowest BCUT2D eigenvalue weighted by molar-refractivity contribution is -0.153.